The van der Waals surface area contributed by atoms with Gasteiger partial charge in [-0.2, -0.15) is 0 Å². The highest BCUT2D eigenvalue weighted by molar-refractivity contribution is 5.86. The van der Waals surface area contributed by atoms with Gasteiger partial charge in [-0.3, -0.25) is 0 Å². The summed E-state index contributed by atoms with van der Waals surface area (Å²) in [5, 5.41) is 5.28. The minimum absolute atomic E-state index is 0.141. The number of rotatable bonds is 5. The highest BCUT2D eigenvalue weighted by atomic mass is 19.1. The van der Waals surface area contributed by atoms with Gasteiger partial charge >= 0.3 is 6.03 Å². The lowest BCUT2D eigenvalue weighted by atomic mass is 9.91. The van der Waals surface area contributed by atoms with Gasteiger partial charge < -0.3 is 10.2 Å². The number of amides is 2. The third kappa shape index (κ3) is 5.66. The number of hydrogen-bond donors (Lipinski definition) is 1. The van der Waals surface area contributed by atoms with Crippen LogP contribution in [0.2, 0.25) is 0 Å². The van der Waals surface area contributed by atoms with Gasteiger partial charge in [0, 0.05) is 19.1 Å². The molecule has 0 radical (unpaired) electrons. The molecule has 2 aromatic carbocycles. The summed E-state index contributed by atoms with van der Waals surface area (Å²) in [6, 6.07) is 11.8. The van der Waals surface area contributed by atoms with Gasteiger partial charge in [-0.25, -0.2) is 9.18 Å². The van der Waals surface area contributed by atoms with E-state index >= 15 is 0 Å². The zero-order chi connectivity index (χ0) is 21.6. The van der Waals surface area contributed by atoms with Crippen LogP contribution in [0.3, 0.4) is 0 Å². The highest BCUT2D eigenvalue weighted by Gasteiger charge is 2.24. The van der Waals surface area contributed by atoms with Gasteiger partial charge in [0.15, 0.2) is 0 Å². The van der Waals surface area contributed by atoms with Crippen LogP contribution in [0.1, 0.15) is 70.3 Å². The highest BCUT2D eigenvalue weighted by Crippen LogP contribution is 2.28. The van der Waals surface area contributed by atoms with Gasteiger partial charge in [-0.15, -0.1) is 0 Å². The number of piperidine rings is 1. The first-order valence-corrected chi connectivity index (χ1v) is 12.1. The lowest BCUT2D eigenvalue weighted by molar-refractivity contribution is 0.165. The van der Waals surface area contributed by atoms with Crippen LogP contribution in [0.15, 0.2) is 42.5 Å². The summed E-state index contributed by atoms with van der Waals surface area (Å²) in [6.45, 7) is 3.92. The Morgan fingerprint density at radius 1 is 1.03 bits per heavy atom. The SMILES string of the molecule is CC/C(=C\CC1CCN(C(=O)NC2CCCCC2)CC1)c1ccc2cc(F)ccc2c1. The second kappa shape index (κ2) is 10.3. The number of carbonyl (C=O) groups excluding carboxylic acids is 1. The second-order valence-electron chi connectivity index (χ2n) is 9.24. The summed E-state index contributed by atoms with van der Waals surface area (Å²) in [5.74, 6) is 0.445. The van der Waals surface area contributed by atoms with Crippen LogP contribution >= 0.6 is 0 Å². The van der Waals surface area contributed by atoms with Gasteiger partial charge in [0.05, 0.1) is 0 Å². The summed E-state index contributed by atoms with van der Waals surface area (Å²) in [4.78, 5) is 14.6. The number of halogens is 1. The Kier molecular flexibility index (Phi) is 7.26. The predicted molar refractivity (Wildman–Crippen MR) is 126 cm³/mol. The smallest absolute Gasteiger partial charge is 0.317 e. The maximum Gasteiger partial charge on any atom is 0.317 e. The van der Waals surface area contributed by atoms with Crippen molar-refractivity contribution in [1.29, 1.82) is 0 Å². The van der Waals surface area contributed by atoms with Gasteiger partial charge in [0.25, 0.3) is 0 Å². The molecule has 1 heterocycles. The maximum absolute atomic E-state index is 13.4. The van der Waals surface area contributed by atoms with E-state index in [1.807, 2.05) is 17.0 Å². The Bertz CT molecular complexity index is 924. The van der Waals surface area contributed by atoms with Crippen LogP contribution in [0, 0.1) is 11.7 Å². The molecule has 0 bridgehead atoms. The number of likely N-dealkylation sites (tertiary alicyclic amines) is 1. The Morgan fingerprint density at radius 3 is 2.48 bits per heavy atom. The van der Waals surface area contributed by atoms with Crippen LogP contribution in [0.5, 0.6) is 0 Å². The van der Waals surface area contributed by atoms with Gasteiger partial charge in [0.2, 0.25) is 0 Å². The zero-order valence-electron chi connectivity index (χ0n) is 18.7. The van der Waals surface area contributed by atoms with Crippen molar-refractivity contribution in [1.82, 2.24) is 10.2 Å². The molecular formula is C27H35FN2O. The van der Waals surface area contributed by atoms with Crippen molar-refractivity contribution in [3.63, 3.8) is 0 Å². The van der Waals surface area contributed by atoms with Gasteiger partial charge in [0.1, 0.15) is 5.82 Å². The van der Waals surface area contributed by atoms with Crippen LogP contribution in [-0.2, 0) is 0 Å². The van der Waals surface area contributed by atoms with E-state index in [9.17, 15) is 9.18 Å². The summed E-state index contributed by atoms with van der Waals surface area (Å²) in [7, 11) is 0. The summed E-state index contributed by atoms with van der Waals surface area (Å²) >= 11 is 0. The number of benzene rings is 2. The Morgan fingerprint density at radius 2 is 1.74 bits per heavy atom. The van der Waals surface area contributed by atoms with Gasteiger partial charge in [-0.05, 0) is 84.6 Å². The van der Waals surface area contributed by atoms with Crippen LogP contribution < -0.4 is 5.32 Å². The molecule has 31 heavy (non-hydrogen) atoms. The predicted octanol–water partition coefficient (Wildman–Crippen LogP) is 6.92. The van der Waals surface area contributed by atoms with E-state index in [4.69, 9.17) is 0 Å². The molecule has 1 saturated heterocycles. The maximum atomic E-state index is 13.4. The number of fused-ring (bicyclic) bond motifs is 1. The van der Waals surface area contributed by atoms with Crippen molar-refractivity contribution in [2.75, 3.05) is 13.1 Å². The fourth-order valence-corrected chi connectivity index (χ4v) is 5.08. The number of allylic oxidation sites excluding steroid dienone is 2. The van der Waals surface area contributed by atoms with E-state index < -0.39 is 0 Å². The molecule has 3 nitrogen and oxygen atoms in total. The number of carbonyl (C=O) groups is 1. The third-order valence-corrected chi connectivity index (χ3v) is 7.09. The van der Waals surface area contributed by atoms with Crippen LogP contribution in [0.4, 0.5) is 9.18 Å². The normalized spacial score (nSPS) is 19.0. The molecule has 2 aromatic rings. The van der Waals surface area contributed by atoms with E-state index in [-0.39, 0.29) is 11.8 Å². The molecule has 1 N–H and O–H groups in total. The average molecular weight is 423 g/mol. The topological polar surface area (TPSA) is 32.3 Å². The van der Waals surface area contributed by atoms with Crippen molar-refractivity contribution in [2.24, 2.45) is 5.92 Å². The minimum Gasteiger partial charge on any atom is -0.335 e. The van der Waals surface area contributed by atoms with E-state index in [1.54, 1.807) is 6.07 Å². The fraction of sp³-hybridized carbons (Fsp3) is 0.519. The molecule has 1 saturated carbocycles. The molecule has 1 aliphatic heterocycles. The summed E-state index contributed by atoms with van der Waals surface area (Å²) in [5.41, 5.74) is 2.58. The first kappa shape index (κ1) is 21.9. The molecule has 2 fully saturated rings. The standard InChI is InChI=1S/C27H35FN2O/c1-2-21(22-10-11-24-19-25(28)13-12-23(24)18-22)9-8-20-14-16-30(17-15-20)27(31)29-26-6-4-3-5-7-26/h9-13,18-20,26H,2-8,14-17H2,1H3,(H,29,31)/b21-9+. The van der Waals surface area contributed by atoms with E-state index in [1.165, 1.54) is 36.5 Å². The largest absolute Gasteiger partial charge is 0.335 e. The Hall–Kier alpha value is -2.36. The molecule has 0 spiro atoms. The van der Waals surface area contributed by atoms with E-state index in [0.29, 0.717) is 12.0 Å². The van der Waals surface area contributed by atoms with Crippen molar-refractivity contribution in [3.05, 3.63) is 53.9 Å². The number of urea groups is 1. The second-order valence-corrected chi connectivity index (χ2v) is 9.24. The molecule has 2 amide bonds. The van der Waals surface area contributed by atoms with Crippen LogP contribution in [0.25, 0.3) is 16.3 Å². The van der Waals surface area contributed by atoms with Crippen LogP contribution in [-0.4, -0.2) is 30.1 Å². The monoisotopic (exact) mass is 422 g/mol. The molecule has 0 unspecified atom stereocenters. The molecule has 4 rings (SSSR count). The lowest BCUT2D eigenvalue weighted by Crippen LogP contribution is -2.48. The van der Waals surface area contributed by atoms with Crippen molar-refractivity contribution in [3.8, 4) is 0 Å². The van der Waals surface area contributed by atoms with Crippen molar-refractivity contribution >= 4 is 22.4 Å². The van der Waals surface area contributed by atoms with E-state index in [2.05, 4.69) is 30.4 Å². The average Bonchev–Trinajstić information content (AvgIpc) is 2.80. The Balaban J connectivity index is 1.31. The molecular weight excluding hydrogens is 387 g/mol. The minimum atomic E-state index is -0.190. The molecule has 1 aliphatic carbocycles. The number of nitrogens with zero attached hydrogens (tertiary/aromatic N) is 1. The Labute approximate surface area is 185 Å². The van der Waals surface area contributed by atoms with Crippen molar-refractivity contribution in [2.45, 2.75) is 70.8 Å². The number of hydrogen-bond acceptors (Lipinski definition) is 1. The van der Waals surface area contributed by atoms with Gasteiger partial charge in [-0.1, -0.05) is 50.5 Å². The molecule has 2 aliphatic rings. The molecule has 0 aromatic heterocycles. The summed E-state index contributed by atoms with van der Waals surface area (Å²) in [6.07, 6.45) is 12.6. The van der Waals surface area contributed by atoms with Crippen molar-refractivity contribution < 1.29 is 9.18 Å². The lowest BCUT2D eigenvalue weighted by Gasteiger charge is -2.33. The fourth-order valence-electron chi connectivity index (χ4n) is 5.08. The zero-order valence-corrected chi connectivity index (χ0v) is 18.7. The molecule has 0 atom stereocenters. The summed E-state index contributed by atoms with van der Waals surface area (Å²) < 4.78 is 13.4. The number of nitrogens with one attached hydrogen (secondary N) is 1. The third-order valence-electron chi connectivity index (χ3n) is 7.09. The first-order valence-electron chi connectivity index (χ1n) is 12.1. The first-order chi connectivity index (χ1) is 15.1. The molecule has 166 valence electrons. The quantitative estimate of drug-likeness (QED) is 0.557. The molecule has 4 heteroatoms. The van der Waals surface area contributed by atoms with E-state index in [0.717, 1.165) is 62.4 Å².